The largest absolute Gasteiger partial charge is 0.492 e. The summed E-state index contributed by atoms with van der Waals surface area (Å²) in [4.78, 5) is 16.1. The Morgan fingerprint density at radius 2 is 2.11 bits per heavy atom. The third-order valence-corrected chi connectivity index (χ3v) is 2.46. The molecule has 0 atom stereocenters. The number of nitrogens with zero attached hydrogens (tertiary/aromatic N) is 2. The molecule has 0 aliphatic heterocycles. The lowest BCUT2D eigenvalue weighted by atomic mass is 9.82. The van der Waals surface area contributed by atoms with Gasteiger partial charge in [-0.1, -0.05) is 0 Å². The molecule has 0 aromatic carbocycles. The molecule has 0 radical (unpaired) electrons. The van der Waals surface area contributed by atoms with Gasteiger partial charge in [-0.05, 0) is 32.9 Å². The van der Waals surface area contributed by atoms with Crippen LogP contribution >= 0.6 is 0 Å². The zero-order valence-electron chi connectivity index (χ0n) is 11.0. The highest BCUT2D eigenvalue weighted by molar-refractivity contribution is 6.61. The summed E-state index contributed by atoms with van der Waals surface area (Å²) >= 11 is 0. The van der Waals surface area contributed by atoms with Crippen LogP contribution in [0.5, 0.6) is 0 Å². The Bertz CT molecular complexity index is 616. The van der Waals surface area contributed by atoms with Gasteiger partial charge in [0.25, 0.3) is 0 Å². The molecule has 2 heterocycles. The summed E-state index contributed by atoms with van der Waals surface area (Å²) in [6.45, 7) is 5.28. The zero-order valence-corrected chi connectivity index (χ0v) is 11.0. The van der Waals surface area contributed by atoms with Crippen molar-refractivity contribution in [3.05, 3.63) is 24.5 Å². The Kier molecular flexibility index (Phi) is 3.34. The fourth-order valence-corrected chi connectivity index (χ4v) is 1.73. The number of aromatic nitrogens is 2. The smallest absolute Gasteiger partial charge is 0.443 e. The van der Waals surface area contributed by atoms with Crippen LogP contribution in [0.15, 0.2) is 24.5 Å². The molecule has 2 aromatic rings. The minimum Gasteiger partial charge on any atom is -0.443 e. The molecule has 0 saturated heterocycles. The first-order valence-corrected chi connectivity index (χ1v) is 5.85. The van der Waals surface area contributed by atoms with Crippen LogP contribution in [-0.4, -0.2) is 38.4 Å². The van der Waals surface area contributed by atoms with Crippen molar-refractivity contribution in [2.24, 2.45) is 0 Å². The van der Waals surface area contributed by atoms with E-state index in [0.29, 0.717) is 11.0 Å². The normalized spacial score (nSPS) is 11.6. The van der Waals surface area contributed by atoms with Gasteiger partial charge in [-0.3, -0.25) is 9.55 Å². The maximum absolute atomic E-state index is 12.1. The van der Waals surface area contributed by atoms with Gasteiger partial charge in [0.05, 0.1) is 11.0 Å². The van der Waals surface area contributed by atoms with Crippen molar-refractivity contribution in [1.29, 1.82) is 0 Å². The van der Waals surface area contributed by atoms with Crippen LogP contribution in [0.25, 0.3) is 11.0 Å². The maximum Gasteiger partial charge on any atom is 0.492 e. The second-order valence-electron chi connectivity index (χ2n) is 5.18. The van der Waals surface area contributed by atoms with Gasteiger partial charge in [-0.15, -0.1) is 0 Å². The van der Waals surface area contributed by atoms with Crippen LogP contribution < -0.4 is 5.46 Å². The van der Waals surface area contributed by atoms with Crippen molar-refractivity contribution in [3.63, 3.8) is 0 Å². The number of carbonyl (C=O) groups excluding carboxylic acids is 1. The lowest BCUT2D eigenvalue weighted by molar-refractivity contribution is 0.0544. The van der Waals surface area contributed by atoms with E-state index >= 15 is 0 Å². The average molecular weight is 262 g/mol. The minimum absolute atomic E-state index is 0.168. The van der Waals surface area contributed by atoms with Crippen molar-refractivity contribution in [2.45, 2.75) is 26.4 Å². The van der Waals surface area contributed by atoms with E-state index in [1.54, 1.807) is 32.9 Å². The third-order valence-electron chi connectivity index (χ3n) is 2.46. The monoisotopic (exact) mass is 262 g/mol. The lowest BCUT2D eigenvalue weighted by Crippen LogP contribution is -2.30. The summed E-state index contributed by atoms with van der Waals surface area (Å²) in [5.74, 6) is 0. The highest BCUT2D eigenvalue weighted by Gasteiger charge is 2.24. The summed E-state index contributed by atoms with van der Waals surface area (Å²) in [6.07, 6.45) is 2.27. The van der Waals surface area contributed by atoms with Crippen LogP contribution in [0, 0.1) is 0 Å². The van der Waals surface area contributed by atoms with E-state index in [1.165, 1.54) is 17.0 Å². The number of hydrogen-bond donors (Lipinski definition) is 2. The molecule has 0 unspecified atom stereocenters. The number of ether oxygens (including phenoxy) is 1. The molecule has 6 nitrogen and oxygen atoms in total. The minimum atomic E-state index is -1.69. The van der Waals surface area contributed by atoms with Gasteiger partial charge in [0.15, 0.2) is 0 Å². The van der Waals surface area contributed by atoms with Gasteiger partial charge in [0, 0.05) is 17.9 Å². The van der Waals surface area contributed by atoms with E-state index in [9.17, 15) is 14.8 Å². The number of carbonyl (C=O) groups is 1. The third kappa shape index (κ3) is 2.77. The summed E-state index contributed by atoms with van der Waals surface area (Å²) < 4.78 is 6.48. The van der Waals surface area contributed by atoms with Crippen LogP contribution in [0.1, 0.15) is 20.8 Å². The van der Waals surface area contributed by atoms with Crippen LogP contribution in [0.3, 0.4) is 0 Å². The highest BCUT2D eigenvalue weighted by atomic mass is 16.6. The van der Waals surface area contributed by atoms with Crippen molar-refractivity contribution >= 4 is 29.7 Å². The lowest BCUT2D eigenvalue weighted by Gasteiger charge is -2.19. The fraction of sp³-hybridized carbons (Fsp3) is 0.333. The van der Waals surface area contributed by atoms with E-state index in [1.807, 2.05) is 0 Å². The Hall–Kier alpha value is -1.86. The van der Waals surface area contributed by atoms with E-state index in [2.05, 4.69) is 4.98 Å². The number of hydrogen-bond acceptors (Lipinski definition) is 5. The van der Waals surface area contributed by atoms with Gasteiger partial charge in [-0.25, -0.2) is 4.79 Å². The second kappa shape index (κ2) is 4.67. The van der Waals surface area contributed by atoms with Crippen molar-refractivity contribution in [2.75, 3.05) is 0 Å². The standard InChI is InChI=1S/C12H15BN2O4/c1-12(2,3)19-11(16)15-7-8(13(17)18)10-9(15)5-4-6-14-10/h4-7,17-18H,1-3H3. The van der Waals surface area contributed by atoms with Crippen molar-refractivity contribution < 1.29 is 19.6 Å². The SMILES string of the molecule is CC(C)(C)OC(=O)n1cc(B(O)O)c2ncccc21. The van der Waals surface area contributed by atoms with Crippen LogP contribution in [-0.2, 0) is 4.74 Å². The van der Waals surface area contributed by atoms with Gasteiger partial charge in [0.1, 0.15) is 5.60 Å². The molecule has 0 bridgehead atoms. The molecule has 100 valence electrons. The Balaban J connectivity index is 2.52. The molecular weight excluding hydrogens is 247 g/mol. The number of fused-ring (bicyclic) bond motifs is 1. The Morgan fingerprint density at radius 3 is 2.68 bits per heavy atom. The van der Waals surface area contributed by atoms with Gasteiger partial charge in [-0.2, -0.15) is 0 Å². The number of rotatable bonds is 1. The molecule has 0 spiro atoms. The van der Waals surface area contributed by atoms with Gasteiger partial charge in [0.2, 0.25) is 0 Å². The Labute approximate surface area is 110 Å². The molecule has 0 amide bonds. The average Bonchev–Trinajstić information content (AvgIpc) is 2.66. The second-order valence-corrected chi connectivity index (χ2v) is 5.18. The first-order valence-electron chi connectivity index (χ1n) is 5.85. The first kappa shape index (κ1) is 13.6. The van der Waals surface area contributed by atoms with Crippen molar-refractivity contribution in [3.8, 4) is 0 Å². The van der Waals surface area contributed by atoms with Crippen LogP contribution in [0.4, 0.5) is 4.79 Å². The van der Waals surface area contributed by atoms with E-state index in [4.69, 9.17) is 4.74 Å². The van der Waals surface area contributed by atoms with Crippen molar-refractivity contribution in [1.82, 2.24) is 9.55 Å². The summed E-state index contributed by atoms with van der Waals surface area (Å²) in [5, 5.41) is 18.6. The summed E-state index contributed by atoms with van der Waals surface area (Å²) in [5.41, 5.74) is 0.373. The Morgan fingerprint density at radius 1 is 1.42 bits per heavy atom. The maximum atomic E-state index is 12.1. The molecule has 2 N–H and O–H groups in total. The van der Waals surface area contributed by atoms with E-state index in [-0.39, 0.29) is 5.46 Å². The topological polar surface area (TPSA) is 84.6 Å². The van der Waals surface area contributed by atoms with E-state index < -0.39 is 18.8 Å². The molecule has 0 fully saturated rings. The molecule has 2 rings (SSSR count). The molecule has 19 heavy (non-hydrogen) atoms. The fourth-order valence-electron chi connectivity index (χ4n) is 1.73. The summed E-state index contributed by atoms with van der Waals surface area (Å²) in [7, 11) is -1.69. The highest BCUT2D eigenvalue weighted by Crippen LogP contribution is 2.15. The van der Waals surface area contributed by atoms with Gasteiger partial charge < -0.3 is 14.8 Å². The molecule has 0 aliphatic rings. The quantitative estimate of drug-likeness (QED) is 0.731. The van der Waals surface area contributed by atoms with E-state index in [0.717, 1.165) is 0 Å². The van der Waals surface area contributed by atoms with Gasteiger partial charge >= 0.3 is 13.2 Å². The van der Waals surface area contributed by atoms with Crippen LogP contribution in [0.2, 0.25) is 0 Å². The molecular formula is C12H15BN2O4. The predicted molar refractivity (Wildman–Crippen MR) is 71.2 cm³/mol. The summed E-state index contributed by atoms with van der Waals surface area (Å²) in [6, 6.07) is 3.33. The molecule has 7 heteroatoms. The first-order chi connectivity index (χ1) is 8.79. The number of pyridine rings is 1. The molecule has 2 aromatic heterocycles. The predicted octanol–water partition coefficient (Wildman–Crippen LogP) is 0.499. The molecule has 0 aliphatic carbocycles. The zero-order chi connectivity index (χ0) is 14.2. The molecule has 0 saturated carbocycles.